The van der Waals surface area contributed by atoms with E-state index in [0.29, 0.717) is 17.6 Å². The molecule has 0 saturated heterocycles. The van der Waals surface area contributed by atoms with Crippen LogP contribution >= 0.6 is 0 Å². The maximum absolute atomic E-state index is 11.9. The third-order valence-corrected chi connectivity index (χ3v) is 4.20. The first-order valence-corrected chi connectivity index (χ1v) is 5.57. The van der Waals surface area contributed by atoms with Crippen LogP contribution in [-0.2, 0) is 4.79 Å². The Labute approximate surface area is 79.2 Å². The predicted octanol–water partition coefficient (Wildman–Crippen LogP) is 2.57. The summed E-state index contributed by atoms with van der Waals surface area (Å²) in [6.45, 7) is 0. The topological polar surface area (TPSA) is 17.1 Å². The molecule has 4 atom stereocenters. The Balaban J connectivity index is 1.93. The Bertz CT molecular complexity index is 266. The summed E-state index contributed by atoms with van der Waals surface area (Å²) in [5, 5.41) is 0. The lowest BCUT2D eigenvalue weighted by Crippen LogP contribution is -2.25. The largest absolute Gasteiger partial charge is 0.299 e. The van der Waals surface area contributed by atoms with Gasteiger partial charge in [-0.2, -0.15) is 0 Å². The van der Waals surface area contributed by atoms with Gasteiger partial charge < -0.3 is 0 Å². The van der Waals surface area contributed by atoms with Crippen LogP contribution in [0.15, 0.2) is 12.2 Å². The molecule has 3 aliphatic carbocycles. The van der Waals surface area contributed by atoms with E-state index in [4.69, 9.17) is 0 Å². The Kier molecular flexibility index (Phi) is 1.61. The van der Waals surface area contributed by atoms with Crippen molar-refractivity contribution in [2.75, 3.05) is 0 Å². The van der Waals surface area contributed by atoms with Crippen LogP contribution in [0, 0.1) is 23.7 Å². The van der Waals surface area contributed by atoms with E-state index in [1.807, 2.05) is 0 Å². The van der Waals surface area contributed by atoms with Crippen molar-refractivity contribution in [2.45, 2.75) is 32.1 Å². The molecule has 2 fully saturated rings. The highest BCUT2D eigenvalue weighted by molar-refractivity contribution is 5.82. The molecule has 0 N–H and O–H groups in total. The summed E-state index contributed by atoms with van der Waals surface area (Å²) in [6.07, 6.45) is 10.5. The first kappa shape index (κ1) is 7.78. The zero-order valence-corrected chi connectivity index (χ0v) is 7.91. The SMILES string of the molecule is O=C1CCCCC2C3C=CC(C3)C12. The quantitative estimate of drug-likeness (QED) is 0.518. The summed E-state index contributed by atoms with van der Waals surface area (Å²) >= 11 is 0. The number of hydrogen-bond donors (Lipinski definition) is 0. The molecule has 3 rings (SSSR count). The number of hydrogen-bond acceptors (Lipinski definition) is 1. The Morgan fingerprint density at radius 1 is 1.15 bits per heavy atom. The Morgan fingerprint density at radius 3 is 2.92 bits per heavy atom. The van der Waals surface area contributed by atoms with Crippen molar-refractivity contribution in [3.8, 4) is 0 Å². The molecule has 13 heavy (non-hydrogen) atoms. The minimum atomic E-state index is 0.428. The van der Waals surface area contributed by atoms with Gasteiger partial charge in [0, 0.05) is 12.3 Å². The molecule has 0 radical (unpaired) electrons. The van der Waals surface area contributed by atoms with Gasteiger partial charge in [-0.25, -0.2) is 0 Å². The smallest absolute Gasteiger partial charge is 0.136 e. The fourth-order valence-electron chi connectivity index (χ4n) is 3.64. The summed E-state index contributed by atoms with van der Waals surface area (Å²) in [6, 6.07) is 0. The first-order valence-electron chi connectivity index (χ1n) is 5.57. The molecular formula is C12H16O. The second-order valence-electron chi connectivity index (χ2n) is 4.85. The van der Waals surface area contributed by atoms with Crippen LogP contribution in [0.4, 0.5) is 0 Å². The van der Waals surface area contributed by atoms with Crippen molar-refractivity contribution in [3.05, 3.63) is 12.2 Å². The Hall–Kier alpha value is -0.590. The molecule has 2 bridgehead atoms. The van der Waals surface area contributed by atoms with Crippen molar-refractivity contribution in [1.82, 2.24) is 0 Å². The van der Waals surface area contributed by atoms with E-state index in [2.05, 4.69) is 12.2 Å². The van der Waals surface area contributed by atoms with Crippen LogP contribution in [-0.4, -0.2) is 5.78 Å². The number of fused-ring (bicyclic) bond motifs is 5. The summed E-state index contributed by atoms with van der Waals surface area (Å²) < 4.78 is 0. The molecule has 4 unspecified atom stereocenters. The molecule has 0 heterocycles. The highest BCUT2D eigenvalue weighted by Gasteiger charge is 2.47. The van der Waals surface area contributed by atoms with Crippen LogP contribution in [0.2, 0.25) is 0 Å². The highest BCUT2D eigenvalue weighted by Crippen LogP contribution is 2.51. The molecule has 3 aliphatic rings. The van der Waals surface area contributed by atoms with Crippen molar-refractivity contribution in [3.63, 3.8) is 0 Å². The zero-order chi connectivity index (χ0) is 8.84. The fraction of sp³-hybridized carbons (Fsp3) is 0.750. The van der Waals surface area contributed by atoms with Crippen molar-refractivity contribution >= 4 is 5.78 Å². The van der Waals surface area contributed by atoms with Gasteiger partial charge in [-0.15, -0.1) is 0 Å². The number of Topliss-reactive ketones (excluding diaryl/α,β-unsaturated/α-hetero) is 1. The van der Waals surface area contributed by atoms with Crippen LogP contribution in [0.25, 0.3) is 0 Å². The first-order chi connectivity index (χ1) is 6.36. The maximum Gasteiger partial charge on any atom is 0.136 e. The van der Waals surface area contributed by atoms with Gasteiger partial charge in [-0.05, 0) is 37.0 Å². The van der Waals surface area contributed by atoms with Gasteiger partial charge >= 0.3 is 0 Å². The average molecular weight is 176 g/mol. The fourth-order valence-corrected chi connectivity index (χ4v) is 3.64. The third kappa shape index (κ3) is 1.02. The highest BCUT2D eigenvalue weighted by atomic mass is 16.1. The summed E-state index contributed by atoms with van der Waals surface area (Å²) in [7, 11) is 0. The Morgan fingerprint density at radius 2 is 2.00 bits per heavy atom. The minimum Gasteiger partial charge on any atom is -0.299 e. The van der Waals surface area contributed by atoms with E-state index in [-0.39, 0.29) is 0 Å². The number of allylic oxidation sites excluding steroid dienone is 2. The molecule has 0 aromatic rings. The third-order valence-electron chi connectivity index (χ3n) is 4.20. The summed E-state index contributed by atoms with van der Waals surface area (Å²) in [4.78, 5) is 11.9. The van der Waals surface area contributed by atoms with Gasteiger partial charge in [0.1, 0.15) is 5.78 Å². The molecule has 2 saturated carbocycles. The summed E-state index contributed by atoms with van der Waals surface area (Å²) in [5.41, 5.74) is 0. The van der Waals surface area contributed by atoms with Crippen LogP contribution < -0.4 is 0 Å². The maximum atomic E-state index is 11.9. The van der Waals surface area contributed by atoms with Gasteiger partial charge in [0.2, 0.25) is 0 Å². The normalized spacial score (nSPS) is 47.8. The second-order valence-corrected chi connectivity index (χ2v) is 4.85. The molecule has 0 aromatic heterocycles. The second kappa shape index (κ2) is 2.70. The van der Waals surface area contributed by atoms with Crippen LogP contribution in [0.3, 0.4) is 0 Å². The van der Waals surface area contributed by atoms with Gasteiger partial charge in [-0.1, -0.05) is 18.6 Å². The zero-order valence-electron chi connectivity index (χ0n) is 7.91. The average Bonchev–Trinajstić information content (AvgIpc) is 2.66. The number of carbonyl (C=O) groups excluding carboxylic acids is 1. The molecule has 0 amide bonds. The van der Waals surface area contributed by atoms with E-state index in [1.54, 1.807) is 0 Å². The lowest BCUT2D eigenvalue weighted by molar-refractivity contribution is -0.124. The van der Waals surface area contributed by atoms with E-state index >= 15 is 0 Å². The molecule has 0 spiro atoms. The van der Waals surface area contributed by atoms with Crippen LogP contribution in [0.1, 0.15) is 32.1 Å². The molecular weight excluding hydrogens is 160 g/mol. The van der Waals surface area contributed by atoms with Crippen molar-refractivity contribution < 1.29 is 4.79 Å². The molecule has 0 aromatic carbocycles. The molecule has 0 aliphatic heterocycles. The van der Waals surface area contributed by atoms with Gasteiger partial charge in [0.05, 0.1) is 0 Å². The number of ketones is 1. The standard InChI is InChI=1S/C12H16O/c13-11-4-2-1-3-10-8-5-6-9(7-8)12(10)11/h5-6,8-10,12H,1-4,7H2. The van der Waals surface area contributed by atoms with E-state index in [1.165, 1.54) is 19.3 Å². The van der Waals surface area contributed by atoms with E-state index < -0.39 is 0 Å². The van der Waals surface area contributed by atoms with Gasteiger partial charge in [0.15, 0.2) is 0 Å². The number of carbonyl (C=O) groups is 1. The summed E-state index contributed by atoms with van der Waals surface area (Å²) in [5.74, 6) is 3.11. The molecule has 70 valence electrons. The molecule has 1 heteroatoms. The minimum absolute atomic E-state index is 0.428. The van der Waals surface area contributed by atoms with Gasteiger partial charge in [0.25, 0.3) is 0 Å². The van der Waals surface area contributed by atoms with Crippen molar-refractivity contribution in [2.24, 2.45) is 23.7 Å². The van der Waals surface area contributed by atoms with E-state index in [0.717, 1.165) is 24.7 Å². The lowest BCUT2D eigenvalue weighted by atomic mass is 9.79. The predicted molar refractivity (Wildman–Crippen MR) is 51.2 cm³/mol. The monoisotopic (exact) mass is 176 g/mol. The van der Waals surface area contributed by atoms with Crippen molar-refractivity contribution in [1.29, 1.82) is 0 Å². The van der Waals surface area contributed by atoms with E-state index in [9.17, 15) is 4.79 Å². The molecule has 1 nitrogen and oxygen atoms in total. The lowest BCUT2D eigenvalue weighted by Gasteiger charge is -2.24. The van der Waals surface area contributed by atoms with Gasteiger partial charge in [-0.3, -0.25) is 4.79 Å². The number of rotatable bonds is 0. The van der Waals surface area contributed by atoms with Crippen LogP contribution in [0.5, 0.6) is 0 Å².